The van der Waals surface area contributed by atoms with Gasteiger partial charge in [0.15, 0.2) is 30.0 Å². The van der Waals surface area contributed by atoms with Crippen LogP contribution in [0.15, 0.2) is 22.2 Å². The zero-order valence-electron chi connectivity index (χ0n) is 26.5. The molecule has 286 valence electrons. The second-order valence-corrected chi connectivity index (χ2v) is 17.1. The van der Waals surface area contributed by atoms with Crippen LogP contribution in [-0.2, 0) is 59.9 Å². The Balaban J connectivity index is 1.09. The van der Waals surface area contributed by atoms with Crippen LogP contribution in [0.4, 0.5) is 5.95 Å². The largest absolute Gasteiger partial charge is 0.779 e. The van der Waals surface area contributed by atoms with Crippen LogP contribution in [-0.4, -0.2) is 99.9 Å². The van der Waals surface area contributed by atoms with Crippen molar-refractivity contribution in [3.05, 3.63) is 39.2 Å². The fraction of sp³-hybridized carbons (Fsp3) is 0.545. The number of phosphoric acid groups is 2. The van der Waals surface area contributed by atoms with Crippen LogP contribution in [0.5, 0.6) is 0 Å². The molecule has 4 aromatic heterocycles. The molecule has 4 aromatic rings. The van der Waals surface area contributed by atoms with Gasteiger partial charge in [-0.05, 0) is 6.92 Å². The predicted octanol–water partition coefficient (Wildman–Crippen LogP) is -4.99. The summed E-state index contributed by atoms with van der Waals surface area (Å²) in [6, 6.07) is 0. The quantitative estimate of drug-likeness (QED) is 0.0576. The maximum atomic E-state index is 12.7. The lowest BCUT2D eigenvalue weighted by Gasteiger charge is -2.38. The van der Waals surface area contributed by atoms with Gasteiger partial charge in [0.05, 0.1) is 20.0 Å². The number of anilines is 1. The van der Waals surface area contributed by atoms with E-state index in [2.05, 4.69) is 49.9 Å². The molecule has 0 spiro atoms. The molecule has 26 nitrogen and oxygen atoms in total. The summed E-state index contributed by atoms with van der Waals surface area (Å²) in [5, 5.41) is 31.8. The third kappa shape index (κ3) is 7.55. The molecule has 5 unspecified atom stereocenters. The van der Waals surface area contributed by atoms with Crippen molar-refractivity contribution in [1.29, 1.82) is 0 Å². The number of aryl methyl sites for hydroxylation is 2. The molecule has 0 aliphatic carbocycles. The number of imidazole rings is 2. The van der Waals surface area contributed by atoms with Gasteiger partial charge in [-0.15, -0.1) is 0 Å². The van der Waals surface area contributed by atoms with Crippen molar-refractivity contribution < 1.29 is 75.6 Å². The summed E-state index contributed by atoms with van der Waals surface area (Å²) < 4.78 is 62.8. The second kappa shape index (κ2) is 14.1. The zero-order chi connectivity index (χ0) is 38.1. The second-order valence-electron chi connectivity index (χ2n) is 11.3. The number of nitrogens with one attached hydrogen (secondary N) is 2. The number of ether oxygens (including phenoxy) is 3. The number of hydrogen-bond donors (Lipinski definition) is 6. The maximum Gasteiger partial charge on any atom is 0.313 e. The number of nitrogens with two attached hydrogens (primary N) is 1. The molecule has 6 rings (SSSR count). The fourth-order valence-electron chi connectivity index (χ4n) is 5.55. The molecule has 2 aliphatic heterocycles. The lowest BCUT2D eigenvalue weighted by Crippen LogP contribution is -2.47. The number of hydrogen-bond acceptors (Lipinski definition) is 22. The first-order chi connectivity index (χ1) is 24.2. The SMILES string of the molecule is CO[C@H]1C(O)[C@@H](OP(=O)([O-])OP([O-])(=S)OP(=O)([O-])OC[C@H]2O[C@@H](n3cnc4c(=O)[nH]c(C)nc43)C(O)[C@H]2O)O[C@H]1[n+]1cn(C)c2c(=O)[nH]c(N)nc21. The van der Waals surface area contributed by atoms with Gasteiger partial charge in [-0.3, -0.25) is 46.0 Å². The monoisotopic (exact) mass is 815 g/mol. The minimum absolute atomic E-state index is 0.0137. The Morgan fingerprint density at radius 2 is 1.75 bits per heavy atom. The third-order valence-corrected chi connectivity index (χ3v) is 13.0. The van der Waals surface area contributed by atoms with E-state index < -0.39 is 89.4 Å². The number of methoxy groups -OCH3 is 1. The molecule has 2 fully saturated rings. The molecule has 0 aromatic carbocycles. The van der Waals surface area contributed by atoms with Crippen LogP contribution in [0, 0.1) is 6.92 Å². The molecule has 0 saturated carbocycles. The van der Waals surface area contributed by atoms with E-state index in [9.17, 15) is 48.7 Å². The normalized spacial score (nSPS) is 30.1. The number of phosphoric ester groups is 2. The lowest BCUT2D eigenvalue weighted by molar-refractivity contribution is -0.747. The maximum absolute atomic E-state index is 12.7. The first kappa shape index (κ1) is 38.8. The average Bonchev–Trinajstić information content (AvgIpc) is 3.74. The summed E-state index contributed by atoms with van der Waals surface area (Å²) in [5.41, 5.74) is 4.23. The minimum Gasteiger partial charge on any atom is -0.779 e. The number of aromatic amines is 2. The Hall–Kier alpha value is -2.91. The van der Waals surface area contributed by atoms with Crippen LogP contribution in [0.2, 0.25) is 0 Å². The van der Waals surface area contributed by atoms with Gasteiger partial charge >= 0.3 is 5.65 Å². The number of aliphatic hydroxyl groups excluding tert-OH is 3. The van der Waals surface area contributed by atoms with Crippen LogP contribution in [0.25, 0.3) is 22.3 Å². The number of nitrogens with zero attached hydrogens (tertiary/aromatic N) is 6. The van der Waals surface area contributed by atoms with E-state index in [0.717, 1.165) is 18.0 Å². The van der Waals surface area contributed by atoms with E-state index in [1.54, 1.807) is 0 Å². The van der Waals surface area contributed by atoms with Crippen molar-refractivity contribution in [3.63, 3.8) is 0 Å². The standard InChI is InChI=1S/C22H30N9O17P3S/c1-7-25-15-9(17(35)26-7)24-5-30(15)19-12(33)11(32)8(44-19)4-43-49(37,38)47-51(41,52)48-50(39,40)46-21-13(34)14(42-3)20(45-21)31-6-29(2)10-16(31)27-22(23)28-18(10)36/h5-6,8,11-14,19-21,32-34H,4H2,1-3H3,(H6-,23,25,26,27,28,35,36,37,38,39,40,41,52)/p-2/t8-,11+,12?,13?,14+,19-,20-,21-,51?/m1/s1. The van der Waals surface area contributed by atoms with Gasteiger partial charge < -0.3 is 59.5 Å². The Morgan fingerprint density at radius 1 is 1.06 bits per heavy atom. The van der Waals surface area contributed by atoms with Gasteiger partial charge in [-0.2, -0.15) is 0 Å². The summed E-state index contributed by atoms with van der Waals surface area (Å²) in [6.45, 7) is -5.20. The first-order valence-corrected chi connectivity index (χ1v) is 19.9. The van der Waals surface area contributed by atoms with Crippen molar-refractivity contribution in [2.45, 2.75) is 56.2 Å². The number of aromatic nitrogens is 8. The van der Waals surface area contributed by atoms with E-state index in [4.69, 9.17) is 24.5 Å². The summed E-state index contributed by atoms with van der Waals surface area (Å²) in [6.07, 6.45) is -11.0. The molecule has 0 radical (unpaired) electrons. The highest BCUT2D eigenvalue weighted by Gasteiger charge is 2.51. The average molecular weight is 816 g/mol. The topological polar surface area (TPSA) is 373 Å². The van der Waals surface area contributed by atoms with Gasteiger partial charge in [0, 0.05) is 7.11 Å². The lowest BCUT2D eigenvalue weighted by atomic mass is 10.1. The Bertz CT molecular complexity index is 2280. The molecule has 7 N–H and O–H groups in total. The van der Waals surface area contributed by atoms with Crippen molar-refractivity contribution in [1.82, 2.24) is 34.1 Å². The van der Waals surface area contributed by atoms with E-state index in [0.29, 0.717) is 0 Å². The highest BCUT2D eigenvalue weighted by atomic mass is 32.5. The van der Waals surface area contributed by atoms with Crippen molar-refractivity contribution in [2.24, 2.45) is 7.05 Å². The Morgan fingerprint density at radius 3 is 2.44 bits per heavy atom. The van der Waals surface area contributed by atoms with Gasteiger partial charge in [0.25, 0.3) is 32.7 Å². The van der Waals surface area contributed by atoms with Crippen molar-refractivity contribution in [2.75, 3.05) is 19.5 Å². The van der Waals surface area contributed by atoms with Gasteiger partial charge in [-0.25, -0.2) is 14.5 Å². The smallest absolute Gasteiger partial charge is 0.313 e. The predicted molar refractivity (Wildman–Crippen MR) is 164 cm³/mol. The molecule has 30 heteroatoms. The van der Waals surface area contributed by atoms with Gasteiger partial charge in [0.2, 0.25) is 11.7 Å². The molecule has 52 heavy (non-hydrogen) atoms. The van der Waals surface area contributed by atoms with Gasteiger partial charge in [-0.1, -0.05) is 16.8 Å². The highest BCUT2D eigenvalue weighted by molar-refractivity contribution is 8.09. The number of fused-ring (bicyclic) bond motifs is 2. The summed E-state index contributed by atoms with van der Waals surface area (Å²) in [5.74, 6) is -0.0859. The number of nitrogen functional groups attached to an aromatic ring is 1. The Kier molecular flexibility index (Phi) is 10.5. The molecule has 2 saturated heterocycles. The molecule has 2 aliphatic rings. The number of H-pyrrole nitrogens is 2. The zero-order valence-corrected chi connectivity index (χ0v) is 30.0. The van der Waals surface area contributed by atoms with Crippen molar-refractivity contribution in [3.8, 4) is 0 Å². The van der Waals surface area contributed by atoms with E-state index in [-0.39, 0.29) is 34.1 Å². The van der Waals surface area contributed by atoms with Crippen molar-refractivity contribution >= 4 is 62.4 Å². The third-order valence-electron chi connectivity index (χ3n) is 7.70. The van der Waals surface area contributed by atoms with Crippen LogP contribution in [0.3, 0.4) is 0 Å². The van der Waals surface area contributed by atoms with Crippen LogP contribution >= 0.6 is 22.4 Å². The van der Waals surface area contributed by atoms with E-state index in [1.807, 2.05) is 0 Å². The fourth-order valence-corrected chi connectivity index (χ4v) is 10.5. The molecule has 11 atom stereocenters. The first-order valence-electron chi connectivity index (χ1n) is 14.5. The molecular weight excluding hydrogens is 787 g/mol. The summed E-state index contributed by atoms with van der Waals surface area (Å²) in [7, 11) is -9.19. The molecule has 0 bridgehead atoms. The van der Waals surface area contributed by atoms with Crippen LogP contribution in [0.1, 0.15) is 18.3 Å². The van der Waals surface area contributed by atoms with Crippen LogP contribution < -0.4 is 36.1 Å². The number of rotatable bonds is 12. The molecule has 0 amide bonds. The molecular formula is C22H28N9O17P3S-2. The minimum atomic E-state index is -5.96. The summed E-state index contributed by atoms with van der Waals surface area (Å²) >= 11 is 4.42. The Labute approximate surface area is 293 Å². The highest BCUT2D eigenvalue weighted by Crippen LogP contribution is 2.64. The summed E-state index contributed by atoms with van der Waals surface area (Å²) in [4.78, 5) is 79.3. The van der Waals surface area contributed by atoms with E-state index >= 15 is 0 Å². The van der Waals surface area contributed by atoms with Gasteiger partial charge in [0.1, 0.15) is 43.1 Å². The number of aliphatic hydroxyl groups is 3. The molecule has 6 heterocycles. The van der Waals surface area contributed by atoms with E-state index in [1.165, 1.54) is 29.4 Å².